The van der Waals surface area contributed by atoms with Gasteiger partial charge in [0.25, 0.3) is 0 Å². The molecule has 1 atom stereocenters. The molecule has 6 heteroatoms. The van der Waals surface area contributed by atoms with Gasteiger partial charge in [-0.3, -0.25) is 4.90 Å². The first-order valence-electron chi connectivity index (χ1n) is 7.33. The standard InChI is InChI=1S/C15H19N3O2S/c1-21(19,20)18-9-8-17-7-6-12-11-4-2-3-5-13(11)16-15(12)14(17)10-18/h2-5,14,16H,6-10H2,1H3. The molecule has 0 bridgehead atoms. The Morgan fingerprint density at radius 2 is 2.00 bits per heavy atom. The van der Waals surface area contributed by atoms with E-state index in [9.17, 15) is 8.42 Å². The number of aromatic amines is 1. The Kier molecular flexibility index (Phi) is 2.89. The Balaban J connectivity index is 1.79. The topological polar surface area (TPSA) is 56.4 Å². The van der Waals surface area contributed by atoms with Crippen molar-refractivity contribution in [1.29, 1.82) is 0 Å². The fourth-order valence-corrected chi connectivity index (χ4v) is 4.49. The Hall–Kier alpha value is -1.37. The molecule has 1 aromatic carbocycles. The molecule has 0 saturated carbocycles. The Bertz CT molecular complexity index is 796. The van der Waals surface area contributed by atoms with Crippen molar-refractivity contribution < 1.29 is 8.42 Å². The van der Waals surface area contributed by atoms with Crippen LogP contribution in [-0.2, 0) is 16.4 Å². The zero-order chi connectivity index (χ0) is 14.6. The lowest BCUT2D eigenvalue weighted by Crippen LogP contribution is -2.52. The maximum Gasteiger partial charge on any atom is 0.211 e. The molecule has 0 aliphatic carbocycles. The lowest BCUT2D eigenvalue weighted by molar-refractivity contribution is 0.108. The molecule has 4 rings (SSSR count). The number of aromatic nitrogens is 1. The second-order valence-corrected chi connectivity index (χ2v) is 7.97. The summed E-state index contributed by atoms with van der Waals surface area (Å²) in [6.45, 7) is 2.98. The lowest BCUT2D eigenvalue weighted by Gasteiger charge is -2.42. The van der Waals surface area contributed by atoms with Gasteiger partial charge in [0.2, 0.25) is 10.0 Å². The summed E-state index contributed by atoms with van der Waals surface area (Å²) in [7, 11) is -3.12. The normalized spacial score (nSPS) is 24.0. The van der Waals surface area contributed by atoms with Crippen LogP contribution >= 0.6 is 0 Å². The second-order valence-electron chi connectivity index (χ2n) is 5.99. The van der Waals surface area contributed by atoms with E-state index in [1.54, 1.807) is 4.31 Å². The maximum absolute atomic E-state index is 11.8. The fourth-order valence-electron chi connectivity index (χ4n) is 3.67. The third kappa shape index (κ3) is 2.09. The van der Waals surface area contributed by atoms with Crippen molar-refractivity contribution in [1.82, 2.24) is 14.2 Å². The quantitative estimate of drug-likeness (QED) is 0.865. The molecule has 1 N–H and O–H groups in total. The van der Waals surface area contributed by atoms with Crippen molar-refractivity contribution in [2.24, 2.45) is 0 Å². The molecule has 3 heterocycles. The number of para-hydroxylation sites is 1. The highest BCUT2D eigenvalue weighted by Crippen LogP contribution is 2.36. The SMILES string of the molecule is CS(=O)(=O)N1CCN2CCc3c([nH]c4ccccc34)C2C1. The van der Waals surface area contributed by atoms with Gasteiger partial charge in [0, 0.05) is 42.8 Å². The molecule has 2 aliphatic heterocycles. The third-order valence-corrected chi connectivity index (χ3v) is 6.02. The van der Waals surface area contributed by atoms with Crippen LogP contribution < -0.4 is 0 Å². The zero-order valence-electron chi connectivity index (χ0n) is 12.0. The van der Waals surface area contributed by atoms with Gasteiger partial charge in [-0.15, -0.1) is 0 Å². The van der Waals surface area contributed by atoms with Crippen molar-refractivity contribution in [3.63, 3.8) is 0 Å². The number of fused-ring (bicyclic) bond motifs is 5. The van der Waals surface area contributed by atoms with E-state index >= 15 is 0 Å². The highest BCUT2D eigenvalue weighted by atomic mass is 32.2. The molecular weight excluding hydrogens is 286 g/mol. The number of rotatable bonds is 1. The summed E-state index contributed by atoms with van der Waals surface area (Å²) < 4.78 is 25.3. The van der Waals surface area contributed by atoms with Crippen LogP contribution in [0.3, 0.4) is 0 Å². The molecule has 112 valence electrons. The zero-order valence-corrected chi connectivity index (χ0v) is 12.9. The summed E-state index contributed by atoms with van der Waals surface area (Å²) in [6, 6.07) is 8.50. The average Bonchev–Trinajstić information content (AvgIpc) is 2.84. The molecule has 0 amide bonds. The lowest BCUT2D eigenvalue weighted by atomic mass is 9.96. The van der Waals surface area contributed by atoms with E-state index in [-0.39, 0.29) is 6.04 Å². The minimum atomic E-state index is -3.12. The van der Waals surface area contributed by atoms with Crippen LogP contribution in [0.25, 0.3) is 10.9 Å². The van der Waals surface area contributed by atoms with Crippen LogP contribution in [0.15, 0.2) is 24.3 Å². The van der Waals surface area contributed by atoms with E-state index in [2.05, 4.69) is 28.1 Å². The molecule has 1 saturated heterocycles. The number of sulfonamides is 1. The fraction of sp³-hybridized carbons (Fsp3) is 0.467. The number of nitrogens with one attached hydrogen (secondary N) is 1. The summed E-state index contributed by atoms with van der Waals surface area (Å²) in [6.07, 6.45) is 2.34. The van der Waals surface area contributed by atoms with Crippen LogP contribution in [0, 0.1) is 0 Å². The van der Waals surface area contributed by atoms with E-state index in [1.807, 2.05) is 6.07 Å². The second kappa shape index (κ2) is 4.56. The highest BCUT2D eigenvalue weighted by Gasteiger charge is 2.37. The van der Waals surface area contributed by atoms with Gasteiger partial charge < -0.3 is 4.98 Å². The molecule has 0 spiro atoms. The molecule has 5 nitrogen and oxygen atoms in total. The average molecular weight is 305 g/mol. The number of piperazine rings is 1. The highest BCUT2D eigenvalue weighted by molar-refractivity contribution is 7.88. The molecular formula is C15H19N3O2S. The molecule has 21 heavy (non-hydrogen) atoms. The molecule has 1 unspecified atom stereocenters. The van der Waals surface area contributed by atoms with Gasteiger partial charge in [-0.2, -0.15) is 4.31 Å². The van der Waals surface area contributed by atoms with Crippen molar-refractivity contribution in [3.8, 4) is 0 Å². The number of benzene rings is 1. The van der Waals surface area contributed by atoms with E-state index in [0.29, 0.717) is 13.1 Å². The number of hydrogen-bond acceptors (Lipinski definition) is 3. The smallest absolute Gasteiger partial charge is 0.211 e. The Labute approximate surface area is 124 Å². The molecule has 2 aromatic rings. The van der Waals surface area contributed by atoms with Gasteiger partial charge in [-0.05, 0) is 18.1 Å². The molecule has 0 radical (unpaired) electrons. The number of nitrogens with zero attached hydrogens (tertiary/aromatic N) is 2. The van der Waals surface area contributed by atoms with E-state index in [4.69, 9.17) is 0 Å². The minimum Gasteiger partial charge on any atom is -0.357 e. The summed E-state index contributed by atoms with van der Waals surface area (Å²) in [5.74, 6) is 0. The molecule has 1 fully saturated rings. The minimum absolute atomic E-state index is 0.157. The number of H-pyrrole nitrogens is 1. The molecule has 2 aliphatic rings. The summed E-state index contributed by atoms with van der Waals surface area (Å²) in [5, 5.41) is 1.28. The Morgan fingerprint density at radius 1 is 1.19 bits per heavy atom. The number of hydrogen-bond donors (Lipinski definition) is 1. The van der Waals surface area contributed by atoms with Crippen molar-refractivity contribution in [3.05, 3.63) is 35.5 Å². The third-order valence-electron chi connectivity index (χ3n) is 4.75. The van der Waals surface area contributed by atoms with E-state index < -0.39 is 10.0 Å². The Morgan fingerprint density at radius 3 is 2.81 bits per heavy atom. The van der Waals surface area contributed by atoms with Crippen LogP contribution in [0.1, 0.15) is 17.3 Å². The first-order valence-corrected chi connectivity index (χ1v) is 9.17. The van der Waals surface area contributed by atoms with E-state index in [1.165, 1.54) is 22.9 Å². The van der Waals surface area contributed by atoms with Crippen molar-refractivity contribution >= 4 is 20.9 Å². The maximum atomic E-state index is 11.8. The predicted octanol–water partition coefficient (Wildman–Crippen LogP) is 1.34. The van der Waals surface area contributed by atoms with E-state index in [0.717, 1.165) is 25.0 Å². The molecule has 1 aromatic heterocycles. The van der Waals surface area contributed by atoms with Crippen LogP contribution in [-0.4, -0.2) is 55.0 Å². The van der Waals surface area contributed by atoms with Gasteiger partial charge in [0.1, 0.15) is 0 Å². The van der Waals surface area contributed by atoms with Crippen LogP contribution in [0.5, 0.6) is 0 Å². The van der Waals surface area contributed by atoms with Crippen molar-refractivity contribution in [2.75, 3.05) is 32.4 Å². The van der Waals surface area contributed by atoms with Gasteiger partial charge in [-0.1, -0.05) is 18.2 Å². The predicted molar refractivity (Wildman–Crippen MR) is 82.7 cm³/mol. The van der Waals surface area contributed by atoms with Gasteiger partial charge in [-0.25, -0.2) is 8.42 Å². The largest absolute Gasteiger partial charge is 0.357 e. The first kappa shape index (κ1) is 13.3. The summed E-state index contributed by atoms with van der Waals surface area (Å²) in [4.78, 5) is 5.93. The van der Waals surface area contributed by atoms with Crippen LogP contribution in [0.4, 0.5) is 0 Å². The van der Waals surface area contributed by atoms with Crippen LogP contribution in [0.2, 0.25) is 0 Å². The van der Waals surface area contributed by atoms with Crippen molar-refractivity contribution in [2.45, 2.75) is 12.5 Å². The van der Waals surface area contributed by atoms with Gasteiger partial charge in [0.15, 0.2) is 0 Å². The summed E-state index contributed by atoms with van der Waals surface area (Å²) >= 11 is 0. The first-order chi connectivity index (χ1) is 10.0. The monoisotopic (exact) mass is 305 g/mol. The van der Waals surface area contributed by atoms with Gasteiger partial charge in [0.05, 0.1) is 12.3 Å². The van der Waals surface area contributed by atoms with Gasteiger partial charge >= 0.3 is 0 Å². The summed E-state index contributed by atoms with van der Waals surface area (Å²) in [5.41, 5.74) is 3.72.